The van der Waals surface area contributed by atoms with Crippen molar-refractivity contribution in [2.45, 2.75) is 40.2 Å². The lowest BCUT2D eigenvalue weighted by Gasteiger charge is -2.35. The maximum atomic E-state index is 13.4. The molecule has 1 N–H and O–H groups in total. The third-order valence-corrected chi connectivity index (χ3v) is 7.33. The van der Waals surface area contributed by atoms with Crippen LogP contribution in [0.15, 0.2) is 40.8 Å². The Kier molecular flexibility index (Phi) is 7.61. The second-order valence-electron chi connectivity index (χ2n) is 7.53. The van der Waals surface area contributed by atoms with E-state index in [1.807, 2.05) is 26.0 Å². The van der Waals surface area contributed by atoms with Gasteiger partial charge in [-0.15, -0.1) is 0 Å². The van der Waals surface area contributed by atoms with Crippen LogP contribution in [0.4, 0.5) is 5.69 Å². The molecule has 0 saturated carbocycles. The lowest BCUT2D eigenvalue weighted by atomic mass is 9.99. The summed E-state index contributed by atoms with van der Waals surface area (Å²) in [5.74, 6) is 1.62. The molecule has 1 saturated heterocycles. The molecule has 8 nitrogen and oxygen atoms in total. The van der Waals surface area contributed by atoms with Gasteiger partial charge in [-0.2, -0.15) is 12.7 Å². The molecule has 9 heteroatoms. The van der Waals surface area contributed by atoms with E-state index < -0.39 is 16.1 Å². The van der Waals surface area contributed by atoms with E-state index in [-0.39, 0.29) is 12.5 Å². The molecule has 31 heavy (non-hydrogen) atoms. The largest absolute Gasteiger partial charge is 0.494 e. The van der Waals surface area contributed by atoms with Crippen LogP contribution in [0.1, 0.15) is 38.2 Å². The van der Waals surface area contributed by atoms with Crippen molar-refractivity contribution in [3.63, 3.8) is 0 Å². The first-order chi connectivity index (χ1) is 14.8. The number of piperidine rings is 1. The Balaban J connectivity index is 1.67. The highest BCUT2D eigenvalue weighted by atomic mass is 32.2. The summed E-state index contributed by atoms with van der Waals surface area (Å²) in [4.78, 5) is 12.7. The van der Waals surface area contributed by atoms with E-state index in [1.165, 1.54) is 8.61 Å². The molecular weight excluding hydrogens is 418 g/mol. The predicted molar refractivity (Wildman–Crippen MR) is 119 cm³/mol. The summed E-state index contributed by atoms with van der Waals surface area (Å²) in [5.41, 5.74) is 0.575. The van der Waals surface area contributed by atoms with Gasteiger partial charge in [0.25, 0.3) is 0 Å². The Bertz CT molecular complexity index is 971. The second kappa shape index (κ2) is 10.2. The summed E-state index contributed by atoms with van der Waals surface area (Å²) in [5, 5.41) is 2.87. The van der Waals surface area contributed by atoms with Gasteiger partial charge in [-0.1, -0.05) is 0 Å². The molecule has 1 atom stereocenters. The molecule has 1 fully saturated rings. The molecule has 3 rings (SSSR count). The van der Waals surface area contributed by atoms with E-state index in [0.717, 1.165) is 5.76 Å². The van der Waals surface area contributed by atoms with E-state index in [2.05, 4.69) is 5.32 Å². The molecule has 0 bridgehead atoms. The summed E-state index contributed by atoms with van der Waals surface area (Å²) in [7, 11) is -3.76. The van der Waals surface area contributed by atoms with Gasteiger partial charge >= 0.3 is 10.2 Å². The minimum atomic E-state index is -3.76. The summed E-state index contributed by atoms with van der Waals surface area (Å²) in [6, 6.07) is 10.7. The van der Waals surface area contributed by atoms with E-state index in [1.54, 1.807) is 31.2 Å². The Hall–Kier alpha value is -2.52. The number of hydrogen-bond donors (Lipinski definition) is 1. The number of aryl methyl sites for hydroxylation is 1. The Morgan fingerprint density at radius 3 is 2.58 bits per heavy atom. The number of carbonyl (C=O) groups excluding carboxylic acids is 1. The standard InChI is InChI=1S/C22H31N3O5S/c1-4-25(19-9-12-20(13-10-19)29-5-2)31(27,28)24-14-6-7-18(16-24)22(26)23-15-21-11-8-17(3)30-21/h8-13,18H,4-7,14-16H2,1-3H3,(H,23,26). The van der Waals surface area contributed by atoms with E-state index in [4.69, 9.17) is 9.15 Å². The molecule has 1 aliphatic rings. The first-order valence-corrected chi connectivity index (χ1v) is 12.1. The number of nitrogens with one attached hydrogen (secondary N) is 1. The van der Waals surface area contributed by atoms with Crippen LogP contribution in [0.3, 0.4) is 0 Å². The number of amides is 1. The van der Waals surface area contributed by atoms with Gasteiger partial charge in [0.2, 0.25) is 5.91 Å². The molecule has 1 aromatic carbocycles. The molecule has 2 heterocycles. The van der Waals surface area contributed by atoms with Gasteiger partial charge in [-0.3, -0.25) is 9.10 Å². The average molecular weight is 450 g/mol. The second-order valence-corrected chi connectivity index (χ2v) is 9.38. The quantitative estimate of drug-likeness (QED) is 0.635. The average Bonchev–Trinajstić information content (AvgIpc) is 3.19. The van der Waals surface area contributed by atoms with Crippen LogP contribution in [-0.4, -0.2) is 44.9 Å². The zero-order valence-corrected chi connectivity index (χ0v) is 19.2. The molecule has 0 spiro atoms. The maximum absolute atomic E-state index is 13.4. The zero-order valence-electron chi connectivity index (χ0n) is 18.3. The topological polar surface area (TPSA) is 92.1 Å². The third kappa shape index (κ3) is 5.59. The molecule has 1 aliphatic heterocycles. The lowest BCUT2D eigenvalue weighted by Crippen LogP contribution is -2.50. The van der Waals surface area contributed by atoms with Crippen LogP contribution >= 0.6 is 0 Å². The van der Waals surface area contributed by atoms with Crippen LogP contribution < -0.4 is 14.4 Å². The number of ether oxygens (including phenoxy) is 1. The van der Waals surface area contributed by atoms with Gasteiger partial charge in [-0.05, 0) is 70.0 Å². The van der Waals surface area contributed by atoms with Gasteiger partial charge in [0.15, 0.2) is 0 Å². The SMILES string of the molecule is CCOc1ccc(N(CC)S(=O)(=O)N2CCCC(C(=O)NCc3ccc(C)o3)C2)cc1. The van der Waals surface area contributed by atoms with Crippen molar-refractivity contribution in [2.75, 3.05) is 30.5 Å². The monoisotopic (exact) mass is 449 g/mol. The first-order valence-electron chi connectivity index (χ1n) is 10.7. The van der Waals surface area contributed by atoms with E-state index in [9.17, 15) is 13.2 Å². The van der Waals surface area contributed by atoms with Crippen molar-refractivity contribution in [1.82, 2.24) is 9.62 Å². The van der Waals surface area contributed by atoms with Crippen LogP contribution in [-0.2, 0) is 21.5 Å². The van der Waals surface area contributed by atoms with Crippen molar-refractivity contribution in [2.24, 2.45) is 5.92 Å². The summed E-state index contributed by atoms with van der Waals surface area (Å²) >= 11 is 0. The number of rotatable bonds is 9. The summed E-state index contributed by atoms with van der Waals surface area (Å²) < 4.78 is 40.4. The van der Waals surface area contributed by atoms with Crippen molar-refractivity contribution in [1.29, 1.82) is 0 Å². The highest BCUT2D eigenvalue weighted by Crippen LogP contribution is 2.27. The number of anilines is 1. The van der Waals surface area contributed by atoms with E-state index >= 15 is 0 Å². The molecule has 1 amide bonds. The zero-order chi connectivity index (χ0) is 22.4. The van der Waals surface area contributed by atoms with E-state index in [0.29, 0.717) is 56.3 Å². The lowest BCUT2D eigenvalue weighted by molar-refractivity contribution is -0.126. The Morgan fingerprint density at radius 2 is 1.97 bits per heavy atom. The number of nitrogens with zero attached hydrogens (tertiary/aromatic N) is 2. The van der Waals surface area contributed by atoms with Crippen molar-refractivity contribution in [3.8, 4) is 5.75 Å². The predicted octanol–water partition coefficient (Wildman–Crippen LogP) is 3.09. The van der Waals surface area contributed by atoms with Gasteiger partial charge in [0.05, 0.1) is 24.8 Å². The first kappa shape index (κ1) is 23.1. The molecular formula is C22H31N3O5S. The maximum Gasteiger partial charge on any atom is 0.304 e. The number of furan rings is 1. The van der Waals surface area contributed by atoms with Crippen LogP contribution in [0, 0.1) is 12.8 Å². The van der Waals surface area contributed by atoms with Crippen molar-refractivity contribution >= 4 is 21.8 Å². The van der Waals surface area contributed by atoms with Gasteiger partial charge < -0.3 is 14.5 Å². The number of benzene rings is 1. The fourth-order valence-corrected chi connectivity index (χ4v) is 5.48. The Labute approximate surface area is 184 Å². The van der Waals surface area contributed by atoms with Crippen molar-refractivity contribution < 1.29 is 22.4 Å². The van der Waals surface area contributed by atoms with Crippen molar-refractivity contribution in [3.05, 3.63) is 47.9 Å². The normalized spacial score (nSPS) is 17.3. The fraction of sp³-hybridized carbons (Fsp3) is 0.500. The smallest absolute Gasteiger partial charge is 0.304 e. The molecule has 1 aromatic heterocycles. The highest BCUT2D eigenvalue weighted by Gasteiger charge is 2.35. The number of hydrogen-bond acceptors (Lipinski definition) is 5. The molecule has 2 aromatic rings. The summed E-state index contributed by atoms with van der Waals surface area (Å²) in [6.45, 7) is 7.24. The van der Waals surface area contributed by atoms with Crippen LogP contribution in [0.2, 0.25) is 0 Å². The van der Waals surface area contributed by atoms with Gasteiger partial charge in [0.1, 0.15) is 17.3 Å². The minimum Gasteiger partial charge on any atom is -0.494 e. The molecule has 0 aliphatic carbocycles. The third-order valence-electron chi connectivity index (χ3n) is 5.32. The summed E-state index contributed by atoms with van der Waals surface area (Å²) in [6.07, 6.45) is 1.29. The van der Waals surface area contributed by atoms with Crippen LogP contribution in [0.25, 0.3) is 0 Å². The fourth-order valence-electron chi connectivity index (χ4n) is 3.76. The van der Waals surface area contributed by atoms with Gasteiger partial charge in [-0.25, -0.2) is 0 Å². The van der Waals surface area contributed by atoms with Gasteiger partial charge in [0, 0.05) is 19.6 Å². The molecule has 0 radical (unpaired) electrons. The Morgan fingerprint density at radius 1 is 1.23 bits per heavy atom. The molecule has 1 unspecified atom stereocenters. The van der Waals surface area contributed by atoms with Crippen LogP contribution in [0.5, 0.6) is 5.75 Å². The molecule has 170 valence electrons. The number of carbonyl (C=O) groups is 1. The minimum absolute atomic E-state index is 0.155. The highest BCUT2D eigenvalue weighted by molar-refractivity contribution is 7.90.